The van der Waals surface area contributed by atoms with E-state index < -0.39 is 87.1 Å². The number of ketones is 1. The normalized spacial score (nSPS) is 16.8. The number of carbonyl (C=O) groups excluding carboxylic acids is 10. The quantitative estimate of drug-likeness (QED) is 0.0373. The van der Waals surface area contributed by atoms with Crippen molar-refractivity contribution in [1.82, 2.24) is 0 Å². The van der Waals surface area contributed by atoms with Crippen LogP contribution in [0.1, 0.15) is 191 Å². The molecule has 0 aliphatic carbocycles. The number of fused-ring (bicyclic) bond motifs is 3. The Bertz CT molecular complexity index is 3420. The standard InChI is InChI=1S/2C16H20O8S.C13H16O8S.C10H20O2.C8H8O6S.C3H6O.C2H6.CH2O3.2CH4.2K.H/c2*1-15(2)23-7-16(8-24-15)5-21-9-10(22-6-16)12(14(18)20-4)25-11(9)13(17)19-3;1-18-11(16)9-7-8(10(22-9)12(17)19-2)21-6-13(3-14,4-15)5-20-7;1-5-10(6-2)7-11-9(3,4)12-8-10;1-13-7(11)5-3(9)4(10)6(15-5)8(12)14-2;1-3(2)4;1-2;2-1-4-3;;;;;/h2*5-8H2,1-4H3;14-15H,3-6H2,1-2H3;5-8H2,1-4H3;9-10H,1-2H3;1-2H3;1-2H3;1,3H;2*1H4;;;/q;;;;;;;;;;2*+1;-1. The molecular formula is C71H107K2O36S4+. The Hall–Kier alpha value is -4.99. The van der Waals surface area contributed by atoms with Crippen molar-refractivity contribution in [2.24, 2.45) is 21.7 Å². The Labute approximate surface area is 760 Å². The summed E-state index contributed by atoms with van der Waals surface area (Å²) in [6.07, 6.45) is 2.28. The summed E-state index contributed by atoms with van der Waals surface area (Å²) < 4.78 is 106. The number of hydrogen-bond acceptors (Lipinski definition) is 40. The number of aliphatic hydroxyl groups is 2. The number of aromatic hydroxyl groups is 2. The molecular weight excluding hydrogens is 1640 g/mol. The van der Waals surface area contributed by atoms with E-state index in [2.05, 4.69) is 37.7 Å². The second-order valence-corrected chi connectivity index (χ2v) is 29.5. The third-order valence-electron chi connectivity index (χ3n) is 16.0. The number of aliphatic hydroxyl groups excluding tert-OH is 2. The number of carbonyl (C=O) groups is 10. The zero-order valence-corrected chi connectivity index (χ0v) is 75.9. The van der Waals surface area contributed by atoms with E-state index in [1.807, 2.05) is 55.4 Å². The monoisotopic (exact) mass is 1740 g/mol. The molecule has 0 unspecified atom stereocenters. The van der Waals surface area contributed by atoms with E-state index in [9.17, 15) is 63.6 Å². The first-order chi connectivity index (χ1) is 51.3. The van der Waals surface area contributed by atoms with Crippen molar-refractivity contribution in [3.05, 3.63) is 39.0 Å². The van der Waals surface area contributed by atoms with Gasteiger partial charge >= 0.3 is 152 Å². The number of methoxy groups -OCH3 is 8. The van der Waals surface area contributed by atoms with E-state index in [1.165, 1.54) is 56.5 Å². The molecule has 113 heavy (non-hydrogen) atoms. The minimum atomic E-state index is -1.03. The van der Waals surface area contributed by atoms with Crippen LogP contribution in [0.15, 0.2) is 0 Å². The van der Waals surface area contributed by atoms with Crippen LogP contribution in [0, 0.1) is 21.7 Å². The number of esters is 8. The largest absolute Gasteiger partial charge is 1.00 e. The second kappa shape index (κ2) is 50.7. The van der Waals surface area contributed by atoms with Crippen molar-refractivity contribution < 1.29 is 279 Å². The fraction of sp³-hybridized carbons (Fsp3) is 0.634. The Morgan fingerprint density at radius 2 is 0.566 bits per heavy atom. The molecule has 4 N–H and O–H groups in total. The molecule has 0 aromatic carbocycles. The predicted octanol–water partition coefficient (Wildman–Crippen LogP) is 2.66. The first kappa shape index (κ1) is 110. The SMILES string of the molecule is C.C.CC.CC(C)=O.CCC1(CC)COC(C)(C)OC1.COC(=O)c1sc(C(=O)OC)c(O)c1O.COC(=O)c1sc(C(=O)OC)c2c1OCC(CO)(CO)CO2.COC(=O)c1sc(C(=O)OC)c2c1OCC1(CO2)COC(C)(C)OC1.COC(=O)c1sc(C(=O)OC)c2c1OCC1(CO2)COC(C)(C)OC1.O=CO[O-].[H+].[H-].[K+].[K+]. The molecule has 10 heterocycles. The fourth-order valence-electron chi connectivity index (χ4n) is 9.14. The average Bonchev–Trinajstić information content (AvgIpc) is 1.70. The fourth-order valence-corrected chi connectivity index (χ4v) is 13.1. The molecule has 0 amide bonds. The van der Waals surface area contributed by atoms with Gasteiger partial charge in [0, 0.05) is 5.41 Å². The smallest absolute Gasteiger partial charge is 1.00 e. The van der Waals surface area contributed by atoms with Crippen molar-refractivity contribution in [3.63, 3.8) is 0 Å². The molecule has 0 atom stereocenters. The van der Waals surface area contributed by atoms with Gasteiger partial charge in [-0.2, -0.15) is 0 Å². The predicted molar refractivity (Wildman–Crippen MR) is 397 cm³/mol. The first-order valence-corrected chi connectivity index (χ1v) is 36.3. The van der Waals surface area contributed by atoms with E-state index in [0.717, 1.165) is 74.3 Å². The summed E-state index contributed by atoms with van der Waals surface area (Å²) >= 11 is 3.29. The Kier molecular flexibility index (Phi) is 49.4. The number of Topliss-reactive ketones (excluding diaryl/α,β-unsaturated/α-hetero) is 1. The van der Waals surface area contributed by atoms with Gasteiger partial charge in [-0.3, -0.25) is 4.79 Å². The summed E-state index contributed by atoms with van der Waals surface area (Å²) in [6.45, 7) is 25.7. The molecule has 3 saturated heterocycles. The van der Waals surface area contributed by atoms with E-state index in [4.69, 9.17) is 85.8 Å². The van der Waals surface area contributed by atoms with Crippen LogP contribution in [0.3, 0.4) is 0 Å². The van der Waals surface area contributed by atoms with Crippen LogP contribution < -0.4 is 136 Å². The minimum absolute atomic E-state index is 0. The molecule has 10 rings (SSSR count). The summed E-state index contributed by atoms with van der Waals surface area (Å²) in [5.41, 5.74) is -1.83. The molecule has 632 valence electrons. The van der Waals surface area contributed by atoms with Gasteiger partial charge in [0.25, 0.3) is 6.47 Å². The van der Waals surface area contributed by atoms with Gasteiger partial charge in [-0.1, -0.05) is 42.5 Å². The van der Waals surface area contributed by atoms with Gasteiger partial charge < -0.3 is 132 Å². The van der Waals surface area contributed by atoms with Crippen LogP contribution >= 0.6 is 45.3 Å². The number of rotatable bonds is 13. The topological polar surface area (TPSA) is 469 Å². The summed E-state index contributed by atoms with van der Waals surface area (Å²) in [7, 11) is 9.69. The van der Waals surface area contributed by atoms with Crippen molar-refractivity contribution in [3.8, 4) is 46.0 Å². The Balaban J connectivity index is -0.000000653. The van der Waals surface area contributed by atoms with Crippen LogP contribution in [0.4, 0.5) is 0 Å². The summed E-state index contributed by atoms with van der Waals surface area (Å²) in [4.78, 5) is 115. The van der Waals surface area contributed by atoms with E-state index in [1.54, 1.807) is 0 Å². The van der Waals surface area contributed by atoms with Crippen LogP contribution in [-0.2, 0) is 80.8 Å². The van der Waals surface area contributed by atoms with Crippen molar-refractivity contribution in [1.29, 1.82) is 0 Å². The molecule has 42 heteroatoms. The van der Waals surface area contributed by atoms with Crippen molar-refractivity contribution >= 4 is 105 Å². The maximum atomic E-state index is 12.0. The van der Waals surface area contributed by atoms with Gasteiger partial charge in [-0.15, -0.1) is 45.3 Å². The van der Waals surface area contributed by atoms with Gasteiger partial charge in [0.05, 0.1) is 126 Å². The molecule has 36 nitrogen and oxygen atoms in total. The van der Waals surface area contributed by atoms with E-state index >= 15 is 0 Å². The van der Waals surface area contributed by atoms with Gasteiger partial charge in [0.1, 0.15) is 45.4 Å². The van der Waals surface area contributed by atoms with Gasteiger partial charge in [0.2, 0.25) is 0 Å². The minimum Gasteiger partial charge on any atom is -1.00 e. The summed E-state index contributed by atoms with van der Waals surface area (Å²) in [5, 5.41) is 45.9. The van der Waals surface area contributed by atoms with Crippen LogP contribution in [-0.4, -0.2) is 247 Å². The zero-order chi connectivity index (χ0) is 82.6. The van der Waals surface area contributed by atoms with Crippen molar-refractivity contribution in [2.45, 2.75) is 128 Å². The molecule has 2 spiro atoms. The molecule has 4 aromatic heterocycles. The third-order valence-corrected chi connectivity index (χ3v) is 20.5. The van der Waals surface area contributed by atoms with E-state index in [-0.39, 0.29) is 270 Å². The third kappa shape index (κ3) is 30.1. The molecule has 3 fully saturated rings. The van der Waals surface area contributed by atoms with E-state index in [0.29, 0.717) is 37.8 Å². The van der Waals surface area contributed by atoms with Crippen LogP contribution in [0.5, 0.6) is 46.0 Å². The Morgan fingerprint density at radius 3 is 0.743 bits per heavy atom. The van der Waals surface area contributed by atoms with Crippen LogP contribution in [0.2, 0.25) is 0 Å². The average molecular weight is 1740 g/mol. The zero-order valence-electron chi connectivity index (χ0n) is 68.4. The first-order valence-electron chi connectivity index (χ1n) is 33.1. The maximum Gasteiger partial charge on any atom is 1.00 e. The molecule has 4 aromatic rings. The van der Waals surface area contributed by atoms with Gasteiger partial charge in [-0.25, -0.2) is 38.4 Å². The Morgan fingerprint density at radius 1 is 0.389 bits per heavy atom. The van der Waals surface area contributed by atoms with Gasteiger partial charge in [-0.05, 0) is 68.2 Å². The number of ether oxygens (including phenoxy) is 20. The second-order valence-electron chi connectivity index (χ2n) is 25.4. The number of thiophene rings is 4. The molecule has 6 aliphatic rings. The summed E-state index contributed by atoms with van der Waals surface area (Å²) in [5.74, 6) is -7.44. The van der Waals surface area contributed by atoms with Crippen LogP contribution in [0.25, 0.3) is 0 Å². The van der Waals surface area contributed by atoms with Gasteiger partial charge in [0.15, 0.2) is 102 Å². The maximum absolute atomic E-state index is 12.0. The molecule has 0 bridgehead atoms. The number of hydrogen-bond donors (Lipinski definition) is 4. The summed E-state index contributed by atoms with van der Waals surface area (Å²) in [6, 6.07) is 0. The molecule has 0 saturated carbocycles. The van der Waals surface area contributed by atoms with Crippen molar-refractivity contribution in [2.75, 3.05) is 149 Å². The molecule has 6 aliphatic heterocycles. The molecule has 0 radical (unpaired) electrons.